The summed E-state index contributed by atoms with van der Waals surface area (Å²) in [6, 6.07) is 0. The first-order valence-corrected chi connectivity index (χ1v) is 5.77. The van der Waals surface area contributed by atoms with E-state index in [0.29, 0.717) is 0 Å². The Kier molecular flexibility index (Phi) is 6.04. The van der Waals surface area contributed by atoms with E-state index in [2.05, 4.69) is 34.0 Å². The van der Waals surface area contributed by atoms with Crippen molar-refractivity contribution < 1.29 is 0 Å². The summed E-state index contributed by atoms with van der Waals surface area (Å²) in [6.45, 7) is 9.86. The van der Waals surface area contributed by atoms with Gasteiger partial charge in [-0.05, 0) is 32.6 Å². The predicted molar refractivity (Wildman–Crippen MR) is 62.7 cm³/mol. The van der Waals surface area contributed by atoms with Crippen LogP contribution in [0.4, 0.5) is 0 Å². The van der Waals surface area contributed by atoms with Crippen molar-refractivity contribution >= 4 is 0 Å². The molecular formula is C11H22N4. The van der Waals surface area contributed by atoms with E-state index in [1.165, 1.54) is 13.0 Å². The van der Waals surface area contributed by atoms with Crippen molar-refractivity contribution in [2.75, 3.05) is 26.2 Å². The summed E-state index contributed by atoms with van der Waals surface area (Å²) >= 11 is 0. The highest BCUT2D eigenvalue weighted by atomic mass is 15.1. The molecule has 0 aliphatic rings. The number of H-pyrrole nitrogens is 1. The molecule has 0 fully saturated rings. The molecule has 1 heterocycles. The molecule has 0 bridgehead atoms. The quantitative estimate of drug-likeness (QED) is 0.634. The van der Waals surface area contributed by atoms with Gasteiger partial charge in [0.2, 0.25) is 0 Å². The summed E-state index contributed by atoms with van der Waals surface area (Å²) < 4.78 is 0. The van der Waals surface area contributed by atoms with Gasteiger partial charge in [0.15, 0.2) is 0 Å². The molecule has 0 aliphatic carbocycles. The molecule has 86 valence electrons. The minimum atomic E-state index is 0.887. The van der Waals surface area contributed by atoms with Crippen molar-refractivity contribution in [1.82, 2.24) is 20.2 Å². The Labute approximate surface area is 92.1 Å². The largest absolute Gasteiger partial charge is 0.347 e. The van der Waals surface area contributed by atoms with E-state index < -0.39 is 0 Å². The lowest BCUT2D eigenvalue weighted by Crippen LogP contribution is -2.27. The minimum Gasteiger partial charge on any atom is -0.347 e. The zero-order valence-electron chi connectivity index (χ0n) is 9.79. The lowest BCUT2D eigenvalue weighted by atomic mass is 10.3. The number of aromatic nitrogens is 2. The highest BCUT2D eigenvalue weighted by Crippen LogP contribution is 1.91. The molecule has 1 aromatic rings. The van der Waals surface area contributed by atoms with Gasteiger partial charge in [-0.1, -0.05) is 13.8 Å². The van der Waals surface area contributed by atoms with Gasteiger partial charge in [-0.3, -0.25) is 0 Å². The van der Waals surface area contributed by atoms with Crippen molar-refractivity contribution in [2.24, 2.45) is 0 Å². The monoisotopic (exact) mass is 210 g/mol. The second-order valence-corrected chi connectivity index (χ2v) is 3.63. The van der Waals surface area contributed by atoms with Crippen LogP contribution in [0.25, 0.3) is 0 Å². The second-order valence-electron chi connectivity index (χ2n) is 3.63. The molecule has 0 atom stereocenters. The summed E-state index contributed by atoms with van der Waals surface area (Å²) in [6.07, 6.45) is 4.78. The van der Waals surface area contributed by atoms with Crippen molar-refractivity contribution in [3.05, 3.63) is 18.2 Å². The average molecular weight is 210 g/mol. The molecule has 4 heteroatoms. The SMILES string of the molecule is CCN(CC)CCCNCc1cnc[nH]1. The molecule has 0 amide bonds. The topological polar surface area (TPSA) is 44.0 Å². The summed E-state index contributed by atoms with van der Waals surface area (Å²) in [7, 11) is 0. The Bertz CT molecular complexity index is 229. The van der Waals surface area contributed by atoms with Crippen LogP contribution in [0.3, 0.4) is 0 Å². The zero-order chi connectivity index (χ0) is 10.9. The summed E-state index contributed by atoms with van der Waals surface area (Å²) in [4.78, 5) is 9.49. The van der Waals surface area contributed by atoms with E-state index in [-0.39, 0.29) is 0 Å². The Balaban J connectivity index is 1.97. The molecule has 0 saturated heterocycles. The predicted octanol–water partition coefficient (Wildman–Crippen LogP) is 1.23. The lowest BCUT2D eigenvalue weighted by Gasteiger charge is -2.17. The Morgan fingerprint density at radius 1 is 1.40 bits per heavy atom. The molecule has 4 nitrogen and oxygen atoms in total. The maximum Gasteiger partial charge on any atom is 0.0922 e. The number of nitrogens with one attached hydrogen (secondary N) is 2. The highest BCUT2D eigenvalue weighted by Gasteiger charge is 1.98. The van der Waals surface area contributed by atoms with Crippen LogP contribution in [-0.4, -0.2) is 41.0 Å². The molecule has 1 aromatic heterocycles. The van der Waals surface area contributed by atoms with Gasteiger partial charge < -0.3 is 15.2 Å². The van der Waals surface area contributed by atoms with Crippen LogP contribution >= 0.6 is 0 Å². The number of hydrogen-bond donors (Lipinski definition) is 2. The first kappa shape index (κ1) is 12.2. The van der Waals surface area contributed by atoms with Crippen molar-refractivity contribution in [2.45, 2.75) is 26.8 Å². The summed E-state index contributed by atoms with van der Waals surface area (Å²) in [5, 5.41) is 3.39. The van der Waals surface area contributed by atoms with Crippen LogP contribution in [0.2, 0.25) is 0 Å². The first-order valence-electron chi connectivity index (χ1n) is 5.77. The number of aromatic amines is 1. The third-order valence-electron chi connectivity index (χ3n) is 2.59. The molecule has 0 saturated carbocycles. The number of imidazole rings is 1. The van der Waals surface area contributed by atoms with E-state index >= 15 is 0 Å². The number of rotatable bonds is 8. The van der Waals surface area contributed by atoms with Crippen LogP contribution in [0.1, 0.15) is 26.0 Å². The third kappa shape index (κ3) is 4.95. The van der Waals surface area contributed by atoms with Gasteiger partial charge in [-0.15, -0.1) is 0 Å². The van der Waals surface area contributed by atoms with Gasteiger partial charge in [0.05, 0.1) is 6.33 Å². The molecular weight excluding hydrogens is 188 g/mol. The van der Waals surface area contributed by atoms with E-state index in [1.54, 1.807) is 6.33 Å². The fourth-order valence-corrected chi connectivity index (χ4v) is 1.57. The Morgan fingerprint density at radius 3 is 2.80 bits per heavy atom. The van der Waals surface area contributed by atoms with Crippen LogP contribution in [0, 0.1) is 0 Å². The smallest absolute Gasteiger partial charge is 0.0922 e. The Hall–Kier alpha value is -0.870. The third-order valence-corrected chi connectivity index (χ3v) is 2.59. The van der Waals surface area contributed by atoms with Crippen molar-refractivity contribution in [1.29, 1.82) is 0 Å². The lowest BCUT2D eigenvalue weighted by molar-refractivity contribution is 0.298. The van der Waals surface area contributed by atoms with Gasteiger partial charge in [0, 0.05) is 18.4 Å². The van der Waals surface area contributed by atoms with Crippen molar-refractivity contribution in [3.8, 4) is 0 Å². The molecule has 0 aromatic carbocycles. The van der Waals surface area contributed by atoms with Crippen LogP contribution in [0.5, 0.6) is 0 Å². The molecule has 0 unspecified atom stereocenters. The van der Waals surface area contributed by atoms with Crippen molar-refractivity contribution in [3.63, 3.8) is 0 Å². The maximum absolute atomic E-state index is 3.97. The Morgan fingerprint density at radius 2 is 2.20 bits per heavy atom. The molecule has 15 heavy (non-hydrogen) atoms. The van der Waals surface area contributed by atoms with Crippen LogP contribution < -0.4 is 5.32 Å². The highest BCUT2D eigenvalue weighted by molar-refractivity contribution is 4.92. The maximum atomic E-state index is 3.97. The van der Waals surface area contributed by atoms with Crippen LogP contribution in [0.15, 0.2) is 12.5 Å². The number of hydrogen-bond acceptors (Lipinski definition) is 3. The fraction of sp³-hybridized carbons (Fsp3) is 0.727. The second kappa shape index (κ2) is 7.43. The van der Waals surface area contributed by atoms with E-state index in [4.69, 9.17) is 0 Å². The zero-order valence-corrected chi connectivity index (χ0v) is 9.79. The standard InChI is InChI=1S/C11H22N4/c1-3-15(4-2)7-5-6-12-8-11-9-13-10-14-11/h9-10,12H,3-8H2,1-2H3,(H,13,14). The van der Waals surface area contributed by atoms with E-state index in [1.807, 2.05) is 6.20 Å². The number of nitrogens with zero attached hydrogens (tertiary/aromatic N) is 2. The van der Waals surface area contributed by atoms with Gasteiger partial charge in [0.1, 0.15) is 0 Å². The summed E-state index contributed by atoms with van der Waals surface area (Å²) in [5.41, 5.74) is 1.15. The average Bonchev–Trinajstić information content (AvgIpc) is 2.76. The van der Waals surface area contributed by atoms with E-state index in [0.717, 1.165) is 31.9 Å². The molecule has 0 aliphatic heterocycles. The van der Waals surface area contributed by atoms with Gasteiger partial charge in [0.25, 0.3) is 0 Å². The summed E-state index contributed by atoms with van der Waals surface area (Å²) in [5.74, 6) is 0. The minimum absolute atomic E-state index is 0.887. The molecule has 1 rings (SSSR count). The van der Waals surface area contributed by atoms with Gasteiger partial charge >= 0.3 is 0 Å². The van der Waals surface area contributed by atoms with Gasteiger partial charge in [-0.2, -0.15) is 0 Å². The fourth-order valence-electron chi connectivity index (χ4n) is 1.57. The van der Waals surface area contributed by atoms with Gasteiger partial charge in [-0.25, -0.2) is 4.98 Å². The van der Waals surface area contributed by atoms with E-state index in [9.17, 15) is 0 Å². The molecule has 2 N–H and O–H groups in total. The molecule has 0 spiro atoms. The normalized spacial score (nSPS) is 11.1. The first-order chi connectivity index (χ1) is 7.36. The molecule has 0 radical (unpaired) electrons. The van der Waals surface area contributed by atoms with Crippen LogP contribution in [-0.2, 0) is 6.54 Å².